The van der Waals surface area contributed by atoms with E-state index in [4.69, 9.17) is 17.3 Å². The molecule has 1 aromatic heterocycles. The Labute approximate surface area is 117 Å². The fraction of sp³-hybridized carbons (Fsp3) is 0.200. The molecule has 2 heterocycles. The Bertz CT molecular complexity index is 564. The molecule has 18 heavy (non-hydrogen) atoms. The van der Waals surface area contributed by atoms with Crippen molar-refractivity contribution < 1.29 is 14.7 Å². The molecule has 1 aliphatic heterocycles. The standard InChI is InChI=1S/C10H8N2O3S3/c1-5-11-6(4-17-5)2-7-9(15)12(3-8(13)14)10(16)18-7/h2,4H,3H2,1H3,(H,13,14)/b7-2-. The third-order valence-corrected chi connectivity index (χ3v) is 4.25. The lowest BCUT2D eigenvalue weighted by molar-refractivity contribution is -0.140. The molecule has 5 nitrogen and oxygen atoms in total. The minimum Gasteiger partial charge on any atom is -0.480 e. The highest BCUT2D eigenvalue weighted by atomic mass is 32.2. The Balaban J connectivity index is 2.22. The topological polar surface area (TPSA) is 70.5 Å². The molecule has 1 N–H and O–H groups in total. The van der Waals surface area contributed by atoms with Gasteiger partial charge in [0.25, 0.3) is 5.91 Å². The number of carbonyl (C=O) groups is 2. The Morgan fingerprint density at radius 1 is 1.67 bits per heavy atom. The number of hydrogen-bond acceptors (Lipinski definition) is 6. The molecule has 94 valence electrons. The molecular weight excluding hydrogens is 292 g/mol. The van der Waals surface area contributed by atoms with Gasteiger partial charge in [0.15, 0.2) is 0 Å². The first-order valence-electron chi connectivity index (χ1n) is 4.86. The van der Waals surface area contributed by atoms with Gasteiger partial charge in [-0.3, -0.25) is 14.5 Å². The molecule has 0 radical (unpaired) electrons. The molecule has 2 rings (SSSR count). The third kappa shape index (κ3) is 2.77. The maximum Gasteiger partial charge on any atom is 0.323 e. The van der Waals surface area contributed by atoms with Gasteiger partial charge >= 0.3 is 5.97 Å². The van der Waals surface area contributed by atoms with E-state index in [0.29, 0.717) is 10.6 Å². The minimum atomic E-state index is -1.09. The number of carboxylic acids is 1. The van der Waals surface area contributed by atoms with Crippen molar-refractivity contribution in [1.29, 1.82) is 0 Å². The minimum absolute atomic E-state index is 0.264. The van der Waals surface area contributed by atoms with Crippen LogP contribution < -0.4 is 0 Å². The van der Waals surface area contributed by atoms with Crippen LogP contribution in [0, 0.1) is 6.92 Å². The Morgan fingerprint density at radius 3 is 2.94 bits per heavy atom. The molecule has 0 saturated carbocycles. The van der Waals surface area contributed by atoms with Crippen molar-refractivity contribution in [2.75, 3.05) is 6.54 Å². The number of aryl methyl sites for hydroxylation is 1. The van der Waals surface area contributed by atoms with Crippen molar-refractivity contribution in [3.63, 3.8) is 0 Å². The number of aliphatic carboxylic acids is 1. The van der Waals surface area contributed by atoms with E-state index in [2.05, 4.69) is 4.98 Å². The highest BCUT2D eigenvalue weighted by Crippen LogP contribution is 2.32. The number of hydrogen-bond donors (Lipinski definition) is 1. The van der Waals surface area contributed by atoms with E-state index in [1.807, 2.05) is 12.3 Å². The lowest BCUT2D eigenvalue weighted by atomic mass is 10.3. The monoisotopic (exact) mass is 300 g/mol. The lowest BCUT2D eigenvalue weighted by Gasteiger charge is -2.09. The SMILES string of the molecule is Cc1nc(/C=C2\SC(=S)N(CC(=O)O)C2=O)cs1. The van der Waals surface area contributed by atoms with Gasteiger partial charge in [-0.25, -0.2) is 4.98 Å². The predicted octanol–water partition coefficient (Wildman–Crippen LogP) is 1.74. The van der Waals surface area contributed by atoms with Gasteiger partial charge in [-0.1, -0.05) is 24.0 Å². The molecule has 8 heteroatoms. The molecule has 0 atom stereocenters. The van der Waals surface area contributed by atoms with Gasteiger partial charge in [-0.15, -0.1) is 11.3 Å². The summed E-state index contributed by atoms with van der Waals surface area (Å²) in [5.74, 6) is -1.46. The zero-order valence-electron chi connectivity index (χ0n) is 9.24. The van der Waals surface area contributed by atoms with E-state index in [0.717, 1.165) is 21.7 Å². The maximum atomic E-state index is 11.9. The van der Waals surface area contributed by atoms with Gasteiger partial charge in [0.1, 0.15) is 10.9 Å². The summed E-state index contributed by atoms with van der Waals surface area (Å²) < 4.78 is 0.264. The number of aromatic nitrogens is 1. The van der Waals surface area contributed by atoms with Crippen molar-refractivity contribution in [2.45, 2.75) is 6.92 Å². The molecule has 0 spiro atoms. The molecule has 1 amide bonds. The number of amides is 1. The van der Waals surface area contributed by atoms with Crippen LogP contribution in [0.1, 0.15) is 10.7 Å². The van der Waals surface area contributed by atoms with E-state index in [9.17, 15) is 9.59 Å². The first-order valence-corrected chi connectivity index (χ1v) is 6.97. The number of rotatable bonds is 3. The van der Waals surface area contributed by atoms with Crippen LogP contribution in [0.5, 0.6) is 0 Å². The highest BCUT2D eigenvalue weighted by Gasteiger charge is 2.33. The van der Waals surface area contributed by atoms with E-state index in [-0.39, 0.29) is 10.2 Å². The van der Waals surface area contributed by atoms with Gasteiger partial charge in [0.05, 0.1) is 15.6 Å². The summed E-state index contributed by atoms with van der Waals surface area (Å²) in [5.41, 5.74) is 0.688. The summed E-state index contributed by atoms with van der Waals surface area (Å²) in [6.07, 6.45) is 1.63. The second-order valence-electron chi connectivity index (χ2n) is 3.45. The second kappa shape index (κ2) is 5.17. The van der Waals surface area contributed by atoms with Crippen molar-refractivity contribution in [2.24, 2.45) is 0 Å². The van der Waals surface area contributed by atoms with E-state index >= 15 is 0 Å². The van der Waals surface area contributed by atoms with Crippen LogP contribution in [0.3, 0.4) is 0 Å². The fourth-order valence-corrected chi connectivity index (χ4v) is 3.16. The van der Waals surface area contributed by atoms with Crippen LogP contribution in [0.2, 0.25) is 0 Å². The second-order valence-corrected chi connectivity index (χ2v) is 6.19. The summed E-state index contributed by atoms with van der Waals surface area (Å²) in [4.78, 5) is 28.2. The van der Waals surface area contributed by atoms with Crippen LogP contribution in [-0.4, -0.2) is 37.7 Å². The summed E-state index contributed by atoms with van der Waals surface area (Å²) in [5, 5.41) is 11.4. The fourth-order valence-electron chi connectivity index (χ4n) is 1.35. The van der Waals surface area contributed by atoms with Crippen LogP contribution in [-0.2, 0) is 9.59 Å². The third-order valence-electron chi connectivity index (χ3n) is 2.08. The Hall–Kier alpha value is -1.25. The van der Waals surface area contributed by atoms with Crippen LogP contribution >= 0.6 is 35.3 Å². The predicted molar refractivity (Wildman–Crippen MR) is 74.4 cm³/mol. The maximum absolute atomic E-state index is 11.9. The summed E-state index contributed by atoms with van der Waals surface area (Å²) in [6, 6.07) is 0. The molecule has 0 aliphatic carbocycles. The van der Waals surface area contributed by atoms with Crippen molar-refractivity contribution >= 4 is 57.6 Å². The van der Waals surface area contributed by atoms with Gasteiger partial charge in [-0.05, 0) is 13.0 Å². The average molecular weight is 300 g/mol. The van der Waals surface area contributed by atoms with Crippen LogP contribution in [0.4, 0.5) is 0 Å². The molecule has 1 saturated heterocycles. The molecule has 1 aliphatic rings. The molecule has 0 unspecified atom stereocenters. The van der Waals surface area contributed by atoms with Gasteiger partial charge in [-0.2, -0.15) is 0 Å². The first-order chi connectivity index (χ1) is 8.47. The van der Waals surface area contributed by atoms with Gasteiger partial charge < -0.3 is 5.11 Å². The van der Waals surface area contributed by atoms with Crippen LogP contribution in [0.15, 0.2) is 10.3 Å². The van der Waals surface area contributed by atoms with Gasteiger partial charge in [0, 0.05) is 5.38 Å². The van der Waals surface area contributed by atoms with E-state index in [1.54, 1.807) is 6.08 Å². The van der Waals surface area contributed by atoms with Crippen molar-refractivity contribution in [3.8, 4) is 0 Å². The number of carboxylic acid groups (broad SMARTS) is 1. The Morgan fingerprint density at radius 2 is 2.39 bits per heavy atom. The van der Waals surface area contributed by atoms with Crippen molar-refractivity contribution in [3.05, 3.63) is 21.0 Å². The average Bonchev–Trinajstić information content (AvgIpc) is 2.78. The van der Waals surface area contributed by atoms with Crippen LogP contribution in [0.25, 0.3) is 6.08 Å². The smallest absolute Gasteiger partial charge is 0.323 e. The zero-order valence-corrected chi connectivity index (χ0v) is 11.7. The number of nitrogens with zero attached hydrogens (tertiary/aromatic N) is 2. The summed E-state index contributed by atoms with van der Waals surface area (Å²) in [7, 11) is 0. The van der Waals surface area contributed by atoms with Crippen molar-refractivity contribution in [1.82, 2.24) is 9.88 Å². The Kier molecular flexibility index (Phi) is 3.79. The highest BCUT2D eigenvalue weighted by molar-refractivity contribution is 8.26. The number of carbonyl (C=O) groups excluding carboxylic acids is 1. The quantitative estimate of drug-likeness (QED) is 0.677. The first kappa shape index (κ1) is 13.2. The lowest BCUT2D eigenvalue weighted by Crippen LogP contribution is -2.33. The molecule has 1 aromatic rings. The summed E-state index contributed by atoms with van der Waals surface area (Å²) in [6.45, 7) is 1.47. The zero-order chi connectivity index (χ0) is 13.3. The number of thiazole rings is 1. The number of thiocarbonyl (C=S) groups is 1. The number of thioether (sulfide) groups is 1. The van der Waals surface area contributed by atoms with E-state index in [1.165, 1.54) is 11.3 Å². The van der Waals surface area contributed by atoms with E-state index < -0.39 is 12.5 Å². The summed E-state index contributed by atoms with van der Waals surface area (Å²) >= 11 is 7.56. The largest absolute Gasteiger partial charge is 0.480 e. The molecular formula is C10H8N2O3S3. The van der Waals surface area contributed by atoms with Gasteiger partial charge in [0.2, 0.25) is 0 Å². The molecule has 0 bridgehead atoms. The normalized spacial score (nSPS) is 17.8. The molecule has 1 fully saturated rings. The molecule has 0 aromatic carbocycles.